The van der Waals surface area contributed by atoms with Crippen LogP contribution in [-0.2, 0) is 6.54 Å². The van der Waals surface area contributed by atoms with Crippen LogP contribution in [0.25, 0.3) is 22.2 Å². The zero-order chi connectivity index (χ0) is 17.1. The van der Waals surface area contributed by atoms with Gasteiger partial charge in [-0.3, -0.25) is 0 Å². The first-order valence-electron chi connectivity index (χ1n) is 8.47. The van der Waals surface area contributed by atoms with Gasteiger partial charge in [0.1, 0.15) is 12.4 Å². The summed E-state index contributed by atoms with van der Waals surface area (Å²) in [7, 11) is 0. The standard InChI is InChI=1S/C22H20NO2/c1-17-23(14-15-24-20-10-6-3-7-11-20)21-16-19(12-13-22(21)25-17)18-8-4-2-5-9-18/h2-13,16H,14-15H2,1H3/q+1. The topological polar surface area (TPSA) is 26.2 Å². The van der Waals surface area contributed by atoms with Crippen molar-refractivity contribution in [2.45, 2.75) is 13.5 Å². The molecule has 0 spiro atoms. The van der Waals surface area contributed by atoms with Gasteiger partial charge in [-0.2, -0.15) is 4.57 Å². The summed E-state index contributed by atoms with van der Waals surface area (Å²) in [6.45, 7) is 3.33. The van der Waals surface area contributed by atoms with Crippen molar-refractivity contribution in [1.82, 2.24) is 0 Å². The lowest BCUT2D eigenvalue weighted by atomic mass is 10.1. The van der Waals surface area contributed by atoms with Crippen LogP contribution in [0.3, 0.4) is 0 Å². The molecule has 4 rings (SSSR count). The van der Waals surface area contributed by atoms with Crippen LogP contribution in [0.1, 0.15) is 5.89 Å². The van der Waals surface area contributed by atoms with E-state index in [1.165, 1.54) is 11.1 Å². The number of rotatable bonds is 5. The number of para-hydroxylation sites is 1. The molecule has 1 aromatic heterocycles. The van der Waals surface area contributed by atoms with Crippen LogP contribution >= 0.6 is 0 Å². The first-order valence-corrected chi connectivity index (χ1v) is 8.47. The first kappa shape index (κ1) is 15.5. The lowest BCUT2D eigenvalue weighted by molar-refractivity contribution is -0.683. The van der Waals surface area contributed by atoms with Gasteiger partial charge < -0.3 is 9.15 Å². The molecule has 0 radical (unpaired) electrons. The second-order valence-electron chi connectivity index (χ2n) is 5.98. The van der Waals surface area contributed by atoms with E-state index in [9.17, 15) is 0 Å². The fourth-order valence-electron chi connectivity index (χ4n) is 3.06. The summed E-state index contributed by atoms with van der Waals surface area (Å²) in [6.07, 6.45) is 0. The molecule has 124 valence electrons. The highest BCUT2D eigenvalue weighted by Crippen LogP contribution is 2.23. The summed E-state index contributed by atoms with van der Waals surface area (Å²) in [6, 6.07) is 26.6. The maximum atomic E-state index is 5.90. The van der Waals surface area contributed by atoms with Gasteiger partial charge in [-0.05, 0) is 29.3 Å². The van der Waals surface area contributed by atoms with Gasteiger partial charge in [0, 0.05) is 6.07 Å². The number of benzene rings is 3. The third-order valence-electron chi connectivity index (χ3n) is 4.32. The summed E-state index contributed by atoms with van der Waals surface area (Å²) >= 11 is 0. The van der Waals surface area contributed by atoms with Crippen molar-refractivity contribution < 1.29 is 13.7 Å². The third-order valence-corrected chi connectivity index (χ3v) is 4.32. The number of ether oxygens (including phenoxy) is 1. The summed E-state index contributed by atoms with van der Waals surface area (Å²) < 4.78 is 13.9. The van der Waals surface area contributed by atoms with E-state index in [4.69, 9.17) is 9.15 Å². The Bertz CT molecular complexity index is 975. The highest BCUT2D eigenvalue weighted by molar-refractivity contribution is 5.78. The number of hydrogen-bond donors (Lipinski definition) is 0. The van der Waals surface area contributed by atoms with E-state index >= 15 is 0 Å². The SMILES string of the molecule is Cc1oc2ccc(-c3ccccc3)cc2[n+]1CCOc1ccccc1. The van der Waals surface area contributed by atoms with Gasteiger partial charge in [0.2, 0.25) is 5.58 Å². The van der Waals surface area contributed by atoms with Crippen molar-refractivity contribution in [2.75, 3.05) is 6.61 Å². The smallest absolute Gasteiger partial charge is 0.344 e. The monoisotopic (exact) mass is 330 g/mol. The molecule has 4 aromatic rings. The van der Waals surface area contributed by atoms with Gasteiger partial charge in [0.15, 0.2) is 6.54 Å². The molecule has 25 heavy (non-hydrogen) atoms. The Morgan fingerprint density at radius 2 is 1.56 bits per heavy atom. The van der Waals surface area contributed by atoms with Crippen LogP contribution in [0.5, 0.6) is 5.75 Å². The van der Waals surface area contributed by atoms with E-state index in [1.807, 2.05) is 49.4 Å². The number of hydrogen-bond acceptors (Lipinski definition) is 2. The largest absolute Gasteiger partial charge is 0.487 e. The van der Waals surface area contributed by atoms with E-state index in [0.29, 0.717) is 6.61 Å². The van der Waals surface area contributed by atoms with Gasteiger partial charge in [-0.25, -0.2) is 0 Å². The lowest BCUT2D eigenvalue weighted by Crippen LogP contribution is -2.38. The quantitative estimate of drug-likeness (QED) is 0.493. The molecule has 3 aromatic carbocycles. The van der Waals surface area contributed by atoms with Gasteiger partial charge in [0.05, 0.1) is 6.92 Å². The van der Waals surface area contributed by atoms with Crippen LogP contribution in [0.4, 0.5) is 0 Å². The average Bonchev–Trinajstić information content (AvgIpc) is 2.98. The molecule has 0 aliphatic rings. The van der Waals surface area contributed by atoms with E-state index in [1.54, 1.807) is 0 Å². The summed E-state index contributed by atoms with van der Waals surface area (Å²) in [5.41, 5.74) is 4.38. The molecule has 0 fully saturated rings. The zero-order valence-electron chi connectivity index (χ0n) is 14.2. The number of nitrogens with zero attached hydrogens (tertiary/aromatic N) is 1. The Hall–Kier alpha value is -3.07. The second-order valence-corrected chi connectivity index (χ2v) is 5.98. The fraction of sp³-hybridized carbons (Fsp3) is 0.136. The minimum atomic E-state index is 0.597. The molecule has 0 aliphatic heterocycles. The minimum absolute atomic E-state index is 0.597. The number of aryl methyl sites for hydroxylation is 1. The number of aromatic nitrogens is 1. The lowest BCUT2D eigenvalue weighted by Gasteiger charge is -2.03. The average molecular weight is 330 g/mol. The Morgan fingerprint density at radius 3 is 2.32 bits per heavy atom. The molecule has 0 N–H and O–H groups in total. The van der Waals surface area contributed by atoms with Crippen LogP contribution in [0.2, 0.25) is 0 Å². The first-order chi connectivity index (χ1) is 12.3. The molecule has 1 heterocycles. The van der Waals surface area contributed by atoms with Crippen molar-refractivity contribution in [3.8, 4) is 16.9 Å². The molecule has 0 saturated carbocycles. The third kappa shape index (κ3) is 3.26. The van der Waals surface area contributed by atoms with Crippen LogP contribution in [0, 0.1) is 6.92 Å². The summed E-state index contributed by atoms with van der Waals surface area (Å²) in [5, 5.41) is 0. The second kappa shape index (κ2) is 6.81. The highest BCUT2D eigenvalue weighted by Gasteiger charge is 2.19. The normalized spacial score (nSPS) is 10.9. The van der Waals surface area contributed by atoms with Crippen molar-refractivity contribution in [1.29, 1.82) is 0 Å². The van der Waals surface area contributed by atoms with Gasteiger partial charge in [0.25, 0.3) is 5.52 Å². The molecule has 0 bridgehead atoms. The Labute approximate surface area is 147 Å². The van der Waals surface area contributed by atoms with Crippen molar-refractivity contribution in [2.24, 2.45) is 0 Å². The van der Waals surface area contributed by atoms with E-state index in [-0.39, 0.29) is 0 Å². The van der Waals surface area contributed by atoms with Crippen molar-refractivity contribution >= 4 is 11.1 Å². The highest BCUT2D eigenvalue weighted by atomic mass is 16.5. The van der Waals surface area contributed by atoms with E-state index in [2.05, 4.69) is 41.0 Å². The molecule has 0 atom stereocenters. The fourth-order valence-corrected chi connectivity index (χ4v) is 3.06. The van der Waals surface area contributed by atoms with Gasteiger partial charge >= 0.3 is 5.89 Å². The molecule has 0 unspecified atom stereocenters. The van der Waals surface area contributed by atoms with Crippen molar-refractivity contribution in [3.05, 3.63) is 84.8 Å². The Kier molecular flexibility index (Phi) is 4.21. The molecular formula is C22H20NO2+. The van der Waals surface area contributed by atoms with Crippen LogP contribution in [-0.4, -0.2) is 6.61 Å². The molecule has 3 heteroatoms. The minimum Gasteiger partial charge on any atom is -0.487 e. The Balaban J connectivity index is 1.60. The number of fused-ring (bicyclic) bond motifs is 1. The Morgan fingerprint density at radius 1 is 0.840 bits per heavy atom. The van der Waals surface area contributed by atoms with Crippen molar-refractivity contribution in [3.63, 3.8) is 0 Å². The molecule has 3 nitrogen and oxygen atoms in total. The zero-order valence-corrected chi connectivity index (χ0v) is 14.2. The van der Waals surface area contributed by atoms with Crippen LogP contribution in [0.15, 0.2) is 83.3 Å². The molecule has 0 saturated heterocycles. The summed E-state index contributed by atoms with van der Waals surface area (Å²) in [5.74, 6) is 1.77. The maximum Gasteiger partial charge on any atom is 0.344 e. The van der Waals surface area contributed by atoms with E-state index < -0.39 is 0 Å². The van der Waals surface area contributed by atoms with Crippen LogP contribution < -0.4 is 9.30 Å². The molecular weight excluding hydrogens is 310 g/mol. The summed E-state index contributed by atoms with van der Waals surface area (Å²) in [4.78, 5) is 0. The molecule has 0 aliphatic carbocycles. The predicted molar refractivity (Wildman–Crippen MR) is 98.5 cm³/mol. The van der Waals surface area contributed by atoms with Gasteiger partial charge in [-0.15, -0.1) is 0 Å². The molecule has 0 amide bonds. The van der Waals surface area contributed by atoms with Gasteiger partial charge in [-0.1, -0.05) is 54.6 Å². The maximum absolute atomic E-state index is 5.90. The predicted octanol–water partition coefficient (Wildman–Crippen LogP) is 4.77. The number of oxazole rings is 1. The van der Waals surface area contributed by atoms with E-state index in [0.717, 1.165) is 29.3 Å².